The van der Waals surface area contributed by atoms with Gasteiger partial charge in [-0.05, 0) is 35.7 Å². The molecule has 0 aliphatic rings. The summed E-state index contributed by atoms with van der Waals surface area (Å²) in [4.78, 5) is 13.5. The number of methoxy groups -OCH3 is 2. The first-order valence-electron chi connectivity index (χ1n) is 10.1. The van der Waals surface area contributed by atoms with Crippen molar-refractivity contribution in [3.05, 3.63) is 95.6 Å². The van der Waals surface area contributed by atoms with E-state index in [1.165, 1.54) is 7.11 Å². The number of hydrogen-bond donors (Lipinski definition) is 0. The molecule has 0 bridgehead atoms. The van der Waals surface area contributed by atoms with Crippen LogP contribution in [0.2, 0.25) is 0 Å². The molecular formula is C26H25NO4. The van der Waals surface area contributed by atoms with Gasteiger partial charge in [-0.3, -0.25) is 4.79 Å². The zero-order valence-corrected chi connectivity index (χ0v) is 17.7. The summed E-state index contributed by atoms with van der Waals surface area (Å²) in [5.74, 6) is 0.737. The van der Waals surface area contributed by atoms with Crippen molar-refractivity contribution < 1.29 is 19.0 Å². The smallest absolute Gasteiger partial charge is 0.195 e. The number of rotatable bonds is 10. The number of nitriles is 1. The Hall–Kier alpha value is -3.62. The van der Waals surface area contributed by atoms with Gasteiger partial charge in [0.2, 0.25) is 0 Å². The van der Waals surface area contributed by atoms with Crippen LogP contribution < -0.4 is 9.47 Å². The Morgan fingerprint density at radius 3 is 2.03 bits per heavy atom. The van der Waals surface area contributed by atoms with Gasteiger partial charge in [-0.25, -0.2) is 0 Å². The van der Waals surface area contributed by atoms with Crippen molar-refractivity contribution >= 4 is 5.78 Å². The van der Waals surface area contributed by atoms with Crippen LogP contribution in [-0.4, -0.2) is 26.1 Å². The van der Waals surface area contributed by atoms with Gasteiger partial charge in [0.25, 0.3) is 0 Å². The lowest BCUT2D eigenvalue weighted by Gasteiger charge is -2.25. The maximum Gasteiger partial charge on any atom is 0.195 e. The summed E-state index contributed by atoms with van der Waals surface area (Å²) < 4.78 is 17.1. The van der Waals surface area contributed by atoms with Crippen LogP contribution in [0.1, 0.15) is 40.4 Å². The van der Waals surface area contributed by atoms with Crippen molar-refractivity contribution in [3.8, 4) is 17.6 Å². The van der Waals surface area contributed by atoms with E-state index in [0.29, 0.717) is 17.1 Å². The van der Waals surface area contributed by atoms with Crippen molar-refractivity contribution in [2.45, 2.75) is 25.0 Å². The molecule has 0 saturated heterocycles. The quantitative estimate of drug-likeness (QED) is 0.417. The van der Waals surface area contributed by atoms with E-state index < -0.39 is 12.2 Å². The predicted octanol–water partition coefficient (Wildman–Crippen LogP) is 5.37. The average Bonchev–Trinajstić information content (AvgIpc) is 2.84. The number of carbonyl (C=O) groups excluding carboxylic acids is 1. The van der Waals surface area contributed by atoms with Crippen LogP contribution in [0.3, 0.4) is 0 Å². The Morgan fingerprint density at radius 2 is 1.52 bits per heavy atom. The summed E-state index contributed by atoms with van der Waals surface area (Å²) in [6.07, 6.45) is -0.817. The van der Waals surface area contributed by atoms with Crippen LogP contribution >= 0.6 is 0 Å². The number of nitrogens with zero attached hydrogens (tertiary/aromatic N) is 1. The van der Waals surface area contributed by atoms with Crippen molar-refractivity contribution in [2.24, 2.45) is 0 Å². The molecule has 0 amide bonds. The molecule has 0 unspecified atom stereocenters. The van der Waals surface area contributed by atoms with E-state index >= 15 is 0 Å². The molecule has 0 aliphatic heterocycles. The summed E-state index contributed by atoms with van der Waals surface area (Å²) in [5.41, 5.74) is 2.23. The summed E-state index contributed by atoms with van der Waals surface area (Å²) in [6.45, 7) is 0. The fourth-order valence-electron chi connectivity index (χ4n) is 3.41. The lowest BCUT2D eigenvalue weighted by atomic mass is 9.98. The Kier molecular flexibility index (Phi) is 7.80. The molecule has 5 nitrogen and oxygen atoms in total. The van der Waals surface area contributed by atoms with Crippen LogP contribution in [0.25, 0.3) is 0 Å². The van der Waals surface area contributed by atoms with Gasteiger partial charge in [-0.1, -0.05) is 60.7 Å². The molecule has 158 valence electrons. The van der Waals surface area contributed by atoms with Crippen LogP contribution in [0.5, 0.6) is 11.5 Å². The fraction of sp³-hybridized carbons (Fsp3) is 0.231. The highest BCUT2D eigenvalue weighted by molar-refractivity contribution is 6.02. The number of ether oxygens (including phenoxy) is 3. The van der Waals surface area contributed by atoms with E-state index in [2.05, 4.69) is 6.07 Å². The SMILES string of the molecule is COc1ccc(OC)c(C(=O)[C@H](CCC#N)OC(c2ccccc2)c2ccccc2)c1. The van der Waals surface area contributed by atoms with Gasteiger partial charge < -0.3 is 14.2 Å². The summed E-state index contributed by atoms with van der Waals surface area (Å²) in [6, 6.07) is 26.7. The zero-order valence-electron chi connectivity index (χ0n) is 17.7. The lowest BCUT2D eigenvalue weighted by Crippen LogP contribution is -2.27. The molecule has 0 radical (unpaired) electrons. The molecule has 0 heterocycles. The fourth-order valence-corrected chi connectivity index (χ4v) is 3.41. The van der Waals surface area contributed by atoms with Crippen molar-refractivity contribution in [1.82, 2.24) is 0 Å². The molecule has 5 heteroatoms. The lowest BCUT2D eigenvalue weighted by molar-refractivity contribution is 0.00962. The van der Waals surface area contributed by atoms with Gasteiger partial charge in [-0.15, -0.1) is 0 Å². The normalized spacial score (nSPS) is 11.5. The minimum Gasteiger partial charge on any atom is -0.497 e. The highest BCUT2D eigenvalue weighted by Gasteiger charge is 2.28. The summed E-state index contributed by atoms with van der Waals surface area (Å²) in [5, 5.41) is 9.16. The zero-order chi connectivity index (χ0) is 22.1. The molecule has 3 aromatic rings. The maximum atomic E-state index is 13.5. The first-order valence-corrected chi connectivity index (χ1v) is 10.1. The third kappa shape index (κ3) is 5.50. The van der Waals surface area contributed by atoms with Crippen molar-refractivity contribution in [2.75, 3.05) is 14.2 Å². The third-order valence-electron chi connectivity index (χ3n) is 4.99. The second-order valence-electron chi connectivity index (χ2n) is 6.95. The van der Waals surface area contributed by atoms with Gasteiger partial charge in [0, 0.05) is 6.42 Å². The monoisotopic (exact) mass is 415 g/mol. The van der Waals surface area contributed by atoms with E-state index in [0.717, 1.165) is 11.1 Å². The number of Topliss-reactive ketones (excluding diaryl/α,β-unsaturated/α-hetero) is 1. The minimum atomic E-state index is -0.828. The van der Waals surface area contributed by atoms with Gasteiger partial charge in [-0.2, -0.15) is 5.26 Å². The number of carbonyl (C=O) groups is 1. The molecule has 1 atom stereocenters. The Labute approximate surface area is 182 Å². The van der Waals surface area contributed by atoms with E-state index in [-0.39, 0.29) is 18.6 Å². The highest BCUT2D eigenvalue weighted by atomic mass is 16.5. The first kappa shape index (κ1) is 22.1. The van der Waals surface area contributed by atoms with Gasteiger partial charge >= 0.3 is 0 Å². The van der Waals surface area contributed by atoms with Gasteiger partial charge in [0.05, 0.1) is 25.9 Å². The van der Waals surface area contributed by atoms with Crippen LogP contribution in [0, 0.1) is 11.3 Å². The molecule has 0 fully saturated rings. The third-order valence-corrected chi connectivity index (χ3v) is 4.99. The number of hydrogen-bond acceptors (Lipinski definition) is 5. The Bertz CT molecular complexity index is 989. The number of benzene rings is 3. The molecule has 0 N–H and O–H groups in total. The topological polar surface area (TPSA) is 68.5 Å². The molecule has 0 aliphatic carbocycles. The largest absolute Gasteiger partial charge is 0.497 e. The highest BCUT2D eigenvalue weighted by Crippen LogP contribution is 2.32. The van der Waals surface area contributed by atoms with E-state index in [4.69, 9.17) is 19.5 Å². The molecule has 3 aromatic carbocycles. The van der Waals surface area contributed by atoms with E-state index in [1.54, 1.807) is 25.3 Å². The predicted molar refractivity (Wildman–Crippen MR) is 118 cm³/mol. The van der Waals surface area contributed by atoms with E-state index in [9.17, 15) is 4.79 Å². The van der Waals surface area contributed by atoms with Crippen molar-refractivity contribution in [1.29, 1.82) is 5.26 Å². The van der Waals surface area contributed by atoms with E-state index in [1.807, 2.05) is 60.7 Å². The molecular weight excluding hydrogens is 390 g/mol. The van der Waals surface area contributed by atoms with Crippen LogP contribution in [0.15, 0.2) is 78.9 Å². The summed E-state index contributed by atoms with van der Waals surface area (Å²) in [7, 11) is 3.06. The Morgan fingerprint density at radius 1 is 0.903 bits per heavy atom. The minimum absolute atomic E-state index is 0.193. The average molecular weight is 415 g/mol. The van der Waals surface area contributed by atoms with Crippen LogP contribution in [-0.2, 0) is 4.74 Å². The second kappa shape index (κ2) is 11.0. The summed E-state index contributed by atoms with van der Waals surface area (Å²) >= 11 is 0. The maximum absolute atomic E-state index is 13.5. The molecule has 3 rings (SSSR count). The van der Waals surface area contributed by atoms with Gasteiger partial charge in [0.1, 0.15) is 23.7 Å². The number of ketones is 1. The molecule has 31 heavy (non-hydrogen) atoms. The second-order valence-corrected chi connectivity index (χ2v) is 6.95. The Balaban J connectivity index is 1.99. The van der Waals surface area contributed by atoms with Crippen molar-refractivity contribution in [3.63, 3.8) is 0 Å². The van der Waals surface area contributed by atoms with Gasteiger partial charge in [0.15, 0.2) is 5.78 Å². The standard InChI is InChI=1S/C26H25NO4/c1-29-21-15-16-23(30-2)22(18-21)25(28)24(14-9-17-27)31-26(19-10-5-3-6-11-19)20-12-7-4-8-13-20/h3-8,10-13,15-16,18,24,26H,9,14H2,1-2H3/t24-/m0/s1. The first-order chi connectivity index (χ1) is 15.2. The molecule has 0 saturated carbocycles. The van der Waals surface area contributed by atoms with Crippen LogP contribution in [0.4, 0.5) is 0 Å². The molecule has 0 spiro atoms. The molecule has 0 aromatic heterocycles.